The first-order chi connectivity index (χ1) is 56.7. The second-order valence-corrected chi connectivity index (χ2v) is 30.8. The van der Waals surface area contributed by atoms with Gasteiger partial charge in [0.15, 0.2) is 0 Å². The molecule has 4 heteroatoms. The maximum atomic E-state index is 2.42. The number of hydrogen-bond acceptors (Lipinski definition) is 2. The Labute approximate surface area is 670 Å². The zero-order valence-corrected chi connectivity index (χ0v) is 63.9. The SMILES string of the molecule is CC1(C)c2ccccc2-c2ccc(N(c3ccc(-c4ccc(-c5cccc(-c6ccc(N(c7ccc(-c8ccccc8)cc7)c7ccc(-c8ccc9c(c8)c8cc(-c%10ccccc%10)ccc8n9-c8ccc(-c9ccccc9)cc8)cc7)cc6)c5)cc4)cc3)c3ccc(-c4ccc5c(c4)c4ccccc4n5-c4ccccc4)cc3)cc21. The van der Waals surface area contributed by atoms with Crippen LogP contribution in [0.15, 0.2) is 437 Å². The van der Waals surface area contributed by atoms with Gasteiger partial charge in [-0.3, -0.25) is 0 Å². The molecule has 4 nitrogen and oxygen atoms in total. The average molecular weight is 1470 g/mol. The monoisotopic (exact) mass is 1470 g/mol. The third-order valence-corrected chi connectivity index (χ3v) is 23.8. The maximum Gasteiger partial charge on any atom is 0.0541 e. The lowest BCUT2D eigenvalue weighted by Gasteiger charge is -2.28. The van der Waals surface area contributed by atoms with E-state index >= 15 is 0 Å². The fraction of sp³-hybridized carbons (Fsp3) is 0.0270. The van der Waals surface area contributed by atoms with E-state index in [0.717, 1.165) is 90.0 Å². The van der Waals surface area contributed by atoms with Gasteiger partial charge in [-0.1, -0.05) is 305 Å². The summed E-state index contributed by atoms with van der Waals surface area (Å²) in [5.41, 5.74) is 37.5. The molecule has 2 aromatic heterocycles. The van der Waals surface area contributed by atoms with Crippen molar-refractivity contribution in [1.29, 1.82) is 0 Å². The van der Waals surface area contributed by atoms with Crippen molar-refractivity contribution in [2.45, 2.75) is 19.3 Å². The van der Waals surface area contributed by atoms with Crippen LogP contribution in [-0.4, -0.2) is 9.13 Å². The zero-order chi connectivity index (χ0) is 76.5. The number of benzene rings is 18. The van der Waals surface area contributed by atoms with Crippen LogP contribution in [0, 0.1) is 0 Å². The Bertz CT molecular complexity index is 7010. The molecular formula is C111H78N4. The van der Waals surface area contributed by atoms with E-state index in [4.69, 9.17) is 0 Å². The van der Waals surface area contributed by atoms with Crippen LogP contribution >= 0.6 is 0 Å². The summed E-state index contributed by atoms with van der Waals surface area (Å²) in [7, 11) is 0. The standard InChI is InChI=1S/C111H78N4/c1-111(2)105-32-17-15-30-99(105)100-66-65-98(74-106(100)111)113(96-61-48-84(49-62-96)89-51-67-108-102(71-89)101-31-16-18-33-107(101)114(108)91-28-13-6-14-29-91)95-55-40-81(41-56-95)78-34-36-82(37-35-78)86-26-19-27-87(70-86)83-44-57-93(58-45-83)112(92-53-38-79(39-54-92)75-20-7-3-8-21-75)94-59-46-85(47-60-94)90-52-69-110-104(73-90)103-72-88(77-24-11-5-12-25-77)50-68-109(103)115(110)97-63-42-80(43-64-97)76-22-9-4-10-23-76/h3-74H,1-2H3. The molecule has 20 aromatic rings. The predicted octanol–water partition coefficient (Wildman–Crippen LogP) is 30.5. The van der Waals surface area contributed by atoms with Gasteiger partial charge in [-0.15, -0.1) is 0 Å². The van der Waals surface area contributed by atoms with Crippen molar-refractivity contribution in [2.24, 2.45) is 0 Å². The molecule has 1 aliphatic rings. The van der Waals surface area contributed by atoms with Crippen molar-refractivity contribution in [3.05, 3.63) is 448 Å². The summed E-state index contributed by atoms with van der Waals surface area (Å²) in [5.74, 6) is 0. The molecule has 1 aliphatic carbocycles. The highest BCUT2D eigenvalue weighted by atomic mass is 15.1. The van der Waals surface area contributed by atoms with Gasteiger partial charge >= 0.3 is 0 Å². The van der Waals surface area contributed by atoms with Crippen molar-refractivity contribution in [1.82, 2.24) is 9.13 Å². The highest BCUT2D eigenvalue weighted by molar-refractivity contribution is 6.13. The molecular weight excluding hydrogens is 1390 g/mol. The quantitative estimate of drug-likeness (QED) is 0.0959. The largest absolute Gasteiger partial charge is 0.311 e. The van der Waals surface area contributed by atoms with E-state index in [1.807, 2.05) is 0 Å². The first-order valence-electron chi connectivity index (χ1n) is 39.8. The van der Waals surface area contributed by atoms with E-state index in [-0.39, 0.29) is 5.41 Å². The molecule has 0 fully saturated rings. The summed E-state index contributed by atoms with van der Waals surface area (Å²) in [4.78, 5) is 4.79. The fourth-order valence-corrected chi connectivity index (χ4v) is 17.8. The summed E-state index contributed by atoms with van der Waals surface area (Å²) in [6, 6.07) is 161. The molecule has 0 saturated carbocycles. The lowest BCUT2D eigenvalue weighted by atomic mass is 9.82. The van der Waals surface area contributed by atoms with Gasteiger partial charge in [0, 0.05) is 72.5 Å². The first kappa shape index (κ1) is 68.2. The summed E-state index contributed by atoms with van der Waals surface area (Å²) >= 11 is 0. The molecule has 0 radical (unpaired) electrons. The Morgan fingerprint density at radius 1 is 0.174 bits per heavy atom. The zero-order valence-electron chi connectivity index (χ0n) is 63.9. The smallest absolute Gasteiger partial charge is 0.0541 e. The number of rotatable bonds is 16. The lowest BCUT2D eigenvalue weighted by molar-refractivity contribution is 0.660. The van der Waals surface area contributed by atoms with E-state index in [9.17, 15) is 0 Å². The van der Waals surface area contributed by atoms with Gasteiger partial charge in [-0.05, 0) is 257 Å². The van der Waals surface area contributed by atoms with Crippen molar-refractivity contribution in [3.8, 4) is 112 Å². The van der Waals surface area contributed by atoms with Crippen LogP contribution in [-0.2, 0) is 5.41 Å². The highest BCUT2D eigenvalue weighted by Gasteiger charge is 2.36. The van der Waals surface area contributed by atoms with Crippen LogP contribution < -0.4 is 9.80 Å². The minimum Gasteiger partial charge on any atom is -0.311 e. The van der Waals surface area contributed by atoms with E-state index < -0.39 is 0 Å². The number of anilines is 6. The third-order valence-electron chi connectivity index (χ3n) is 23.8. The van der Waals surface area contributed by atoms with Crippen LogP contribution in [0.4, 0.5) is 34.1 Å². The van der Waals surface area contributed by atoms with Gasteiger partial charge in [-0.2, -0.15) is 0 Å². The molecule has 115 heavy (non-hydrogen) atoms. The molecule has 0 unspecified atom stereocenters. The van der Waals surface area contributed by atoms with Crippen LogP contribution in [0.2, 0.25) is 0 Å². The summed E-state index contributed by atoms with van der Waals surface area (Å²) in [6.07, 6.45) is 0. The molecule has 0 spiro atoms. The van der Waals surface area contributed by atoms with Gasteiger partial charge in [0.1, 0.15) is 0 Å². The van der Waals surface area contributed by atoms with Gasteiger partial charge < -0.3 is 18.9 Å². The molecule has 0 aliphatic heterocycles. The number of nitrogens with zero attached hydrogens (tertiary/aromatic N) is 4. The molecule has 0 atom stereocenters. The van der Waals surface area contributed by atoms with Gasteiger partial charge in [0.25, 0.3) is 0 Å². The molecule has 18 aromatic carbocycles. The number of hydrogen-bond donors (Lipinski definition) is 0. The van der Waals surface area contributed by atoms with Crippen molar-refractivity contribution < 1.29 is 0 Å². The van der Waals surface area contributed by atoms with Crippen molar-refractivity contribution in [2.75, 3.05) is 9.80 Å². The van der Waals surface area contributed by atoms with Gasteiger partial charge in [-0.25, -0.2) is 0 Å². The number of aromatic nitrogens is 2. The molecule has 542 valence electrons. The fourth-order valence-electron chi connectivity index (χ4n) is 17.8. The highest BCUT2D eigenvalue weighted by Crippen LogP contribution is 2.52. The Morgan fingerprint density at radius 3 is 0.878 bits per heavy atom. The van der Waals surface area contributed by atoms with Crippen LogP contribution in [0.1, 0.15) is 25.0 Å². The van der Waals surface area contributed by atoms with Crippen molar-refractivity contribution in [3.63, 3.8) is 0 Å². The van der Waals surface area contributed by atoms with E-state index in [0.29, 0.717) is 0 Å². The van der Waals surface area contributed by atoms with E-state index in [1.54, 1.807) is 0 Å². The van der Waals surface area contributed by atoms with Gasteiger partial charge in [0.05, 0.1) is 22.1 Å². The summed E-state index contributed by atoms with van der Waals surface area (Å²) < 4.78 is 4.80. The molecule has 2 heterocycles. The summed E-state index contributed by atoms with van der Waals surface area (Å²) in [5, 5.41) is 4.92. The molecule has 0 amide bonds. The minimum atomic E-state index is -0.152. The molecule has 0 saturated heterocycles. The van der Waals surface area contributed by atoms with E-state index in [2.05, 4.69) is 470 Å². The Hall–Kier alpha value is -14.8. The minimum absolute atomic E-state index is 0.152. The lowest BCUT2D eigenvalue weighted by Crippen LogP contribution is -2.16. The van der Waals surface area contributed by atoms with Crippen molar-refractivity contribution >= 4 is 77.7 Å². The van der Waals surface area contributed by atoms with Crippen LogP contribution in [0.3, 0.4) is 0 Å². The predicted molar refractivity (Wildman–Crippen MR) is 486 cm³/mol. The second-order valence-electron chi connectivity index (χ2n) is 30.8. The molecule has 21 rings (SSSR count). The normalized spacial score (nSPS) is 12.2. The van der Waals surface area contributed by atoms with Crippen LogP contribution in [0.25, 0.3) is 155 Å². The molecule has 0 N–H and O–H groups in total. The molecule has 0 bridgehead atoms. The topological polar surface area (TPSA) is 16.3 Å². The Morgan fingerprint density at radius 2 is 0.443 bits per heavy atom. The Kier molecular flexibility index (Phi) is 16.9. The summed E-state index contributed by atoms with van der Waals surface area (Å²) in [6.45, 7) is 4.73. The van der Waals surface area contributed by atoms with Gasteiger partial charge in [0.2, 0.25) is 0 Å². The first-order valence-corrected chi connectivity index (χ1v) is 39.8. The Balaban J connectivity index is 0.563. The second kappa shape index (κ2) is 28.5. The van der Waals surface area contributed by atoms with Crippen LogP contribution in [0.5, 0.6) is 0 Å². The average Bonchev–Trinajstić information content (AvgIpc) is 1.60. The third kappa shape index (κ3) is 12.4. The van der Waals surface area contributed by atoms with E-state index in [1.165, 1.54) is 110 Å². The number of para-hydroxylation sites is 2. The maximum absolute atomic E-state index is 2.42. The number of fused-ring (bicyclic) bond motifs is 9.